The molecule has 2 aromatic rings. The number of fused-ring (bicyclic) bond motifs is 1. The second-order valence-electron chi connectivity index (χ2n) is 6.48. The van der Waals surface area contributed by atoms with E-state index in [1.54, 1.807) is 12.1 Å². The Hall–Kier alpha value is -3.15. The van der Waals surface area contributed by atoms with Crippen LogP contribution in [-0.2, 0) is 16.9 Å². The Labute approximate surface area is 151 Å². The van der Waals surface area contributed by atoms with Crippen molar-refractivity contribution in [3.8, 4) is 0 Å². The van der Waals surface area contributed by atoms with Crippen molar-refractivity contribution in [2.24, 2.45) is 4.99 Å². The van der Waals surface area contributed by atoms with Gasteiger partial charge in [0.2, 0.25) is 0 Å². The smallest absolute Gasteiger partial charge is 0.408 e. The molecule has 0 spiro atoms. The minimum Gasteiger partial charge on any atom is -0.465 e. The van der Waals surface area contributed by atoms with E-state index >= 15 is 0 Å². The minimum absolute atomic E-state index is 0.150. The lowest BCUT2D eigenvalue weighted by Crippen LogP contribution is -2.65. The fourth-order valence-corrected chi connectivity index (χ4v) is 3.85. The number of Topliss-reactive ketones (excluding diaryl/α,β-unsaturated/α-hetero) is 1. The molecule has 1 amide bonds. The number of ketones is 1. The number of nitrogens with one attached hydrogen (secondary N) is 1. The van der Waals surface area contributed by atoms with Crippen molar-refractivity contribution in [3.05, 3.63) is 65.7 Å². The van der Waals surface area contributed by atoms with E-state index in [9.17, 15) is 14.7 Å². The van der Waals surface area contributed by atoms with Gasteiger partial charge in [-0.05, 0) is 23.6 Å². The maximum Gasteiger partial charge on any atom is 0.408 e. The molecule has 2 heterocycles. The number of carboxylic acid groups (broad SMARTS) is 1. The van der Waals surface area contributed by atoms with Gasteiger partial charge >= 0.3 is 6.09 Å². The molecule has 4 rings (SSSR count). The third-order valence-corrected chi connectivity index (χ3v) is 5.03. The van der Waals surface area contributed by atoms with E-state index in [1.165, 1.54) is 4.90 Å². The molecule has 0 radical (unpaired) electrons. The van der Waals surface area contributed by atoms with E-state index in [0.717, 1.165) is 11.3 Å². The molecule has 1 atom stereocenters. The zero-order valence-corrected chi connectivity index (χ0v) is 14.2. The first-order valence-electron chi connectivity index (χ1n) is 8.64. The predicted molar refractivity (Wildman–Crippen MR) is 97.5 cm³/mol. The number of piperidine rings is 1. The fraction of sp³-hybridized carbons (Fsp3) is 0.250. The molecule has 2 N–H and O–H groups in total. The molecule has 2 aromatic carbocycles. The summed E-state index contributed by atoms with van der Waals surface area (Å²) in [5.74, 6) is 0.234. The predicted octanol–water partition coefficient (Wildman–Crippen LogP) is 3.06. The third-order valence-electron chi connectivity index (χ3n) is 5.03. The average molecular weight is 349 g/mol. The summed E-state index contributed by atoms with van der Waals surface area (Å²) in [7, 11) is 0. The molecule has 6 heteroatoms. The van der Waals surface area contributed by atoms with Crippen LogP contribution in [0.3, 0.4) is 0 Å². The number of rotatable bonds is 2. The Bertz CT molecular complexity index is 894. The first-order valence-corrected chi connectivity index (χ1v) is 8.64. The average Bonchev–Trinajstić information content (AvgIpc) is 2.68. The highest BCUT2D eigenvalue weighted by Gasteiger charge is 2.54. The summed E-state index contributed by atoms with van der Waals surface area (Å²) in [5, 5.41) is 13.1. The van der Waals surface area contributed by atoms with Crippen LogP contribution in [0.25, 0.3) is 0 Å². The lowest BCUT2D eigenvalue weighted by molar-refractivity contribution is -0.129. The molecule has 6 nitrogen and oxygen atoms in total. The highest BCUT2D eigenvalue weighted by Crippen LogP contribution is 2.38. The standard InChI is InChI=1S/C20H19N3O3/c24-17-11-6-12-23(19(25)26)20(17,15-8-2-1-3-9-15)18-21-13-14-7-4-5-10-16(14)22-18/h1-5,7-10H,6,11-13H2,(H,21,22)(H,25,26). The quantitative estimate of drug-likeness (QED) is 0.873. The van der Waals surface area contributed by atoms with Crippen molar-refractivity contribution < 1.29 is 14.7 Å². The molecule has 26 heavy (non-hydrogen) atoms. The molecule has 0 aliphatic carbocycles. The van der Waals surface area contributed by atoms with Gasteiger partial charge in [0.25, 0.3) is 0 Å². The molecule has 0 aromatic heterocycles. The Morgan fingerprint density at radius 1 is 1.12 bits per heavy atom. The van der Waals surface area contributed by atoms with Crippen LogP contribution in [0.5, 0.6) is 0 Å². The summed E-state index contributed by atoms with van der Waals surface area (Å²) in [6.07, 6.45) is -0.282. The number of hydrogen-bond acceptors (Lipinski definition) is 4. The molecule has 1 unspecified atom stereocenters. The highest BCUT2D eigenvalue weighted by molar-refractivity contribution is 6.16. The minimum atomic E-state index is -1.43. The monoisotopic (exact) mass is 349 g/mol. The van der Waals surface area contributed by atoms with Gasteiger partial charge in [-0.25, -0.2) is 9.79 Å². The molecule has 1 saturated heterocycles. The normalized spacial score (nSPS) is 22.2. The second-order valence-corrected chi connectivity index (χ2v) is 6.48. The third kappa shape index (κ3) is 2.37. The number of carbonyl (C=O) groups is 2. The van der Waals surface area contributed by atoms with Crippen LogP contribution < -0.4 is 5.32 Å². The first kappa shape index (κ1) is 16.3. The number of para-hydroxylation sites is 1. The van der Waals surface area contributed by atoms with Crippen molar-refractivity contribution in [1.82, 2.24) is 10.2 Å². The maximum atomic E-state index is 13.2. The van der Waals surface area contributed by atoms with Crippen molar-refractivity contribution in [2.75, 3.05) is 6.54 Å². The Morgan fingerprint density at radius 2 is 1.85 bits per heavy atom. The summed E-state index contributed by atoms with van der Waals surface area (Å²) in [6, 6.07) is 16.7. The summed E-state index contributed by atoms with van der Waals surface area (Å²) in [5.41, 5.74) is 0.974. The van der Waals surface area contributed by atoms with Crippen LogP contribution in [-0.4, -0.2) is 34.3 Å². The number of likely N-dealkylation sites (tertiary alicyclic amines) is 1. The molecular formula is C20H19N3O3. The zero-order chi connectivity index (χ0) is 18.1. The van der Waals surface area contributed by atoms with E-state index in [2.05, 4.69) is 10.3 Å². The number of hydrogen-bond donors (Lipinski definition) is 2. The van der Waals surface area contributed by atoms with Gasteiger partial charge in [0.05, 0.1) is 5.69 Å². The van der Waals surface area contributed by atoms with Gasteiger partial charge in [-0.15, -0.1) is 0 Å². The number of amidine groups is 1. The number of benzene rings is 2. The first-order chi connectivity index (χ1) is 12.6. The van der Waals surface area contributed by atoms with E-state index < -0.39 is 11.6 Å². The molecular weight excluding hydrogens is 330 g/mol. The Balaban J connectivity index is 1.97. The van der Waals surface area contributed by atoms with Crippen LogP contribution >= 0.6 is 0 Å². The molecule has 2 aliphatic heterocycles. The van der Waals surface area contributed by atoms with Crippen LogP contribution in [0.2, 0.25) is 0 Å². The van der Waals surface area contributed by atoms with Gasteiger partial charge < -0.3 is 10.4 Å². The second kappa shape index (κ2) is 6.29. The molecule has 2 aliphatic rings. The van der Waals surface area contributed by atoms with Gasteiger partial charge in [-0.3, -0.25) is 9.69 Å². The van der Waals surface area contributed by atoms with E-state index in [1.807, 2.05) is 42.5 Å². The summed E-state index contributed by atoms with van der Waals surface area (Å²) in [4.78, 5) is 31.2. The van der Waals surface area contributed by atoms with E-state index in [-0.39, 0.29) is 12.3 Å². The number of amides is 1. The highest BCUT2D eigenvalue weighted by atomic mass is 16.4. The topological polar surface area (TPSA) is 82.0 Å². The Morgan fingerprint density at radius 3 is 2.62 bits per heavy atom. The van der Waals surface area contributed by atoms with Gasteiger partial charge in [-0.1, -0.05) is 48.5 Å². The summed E-state index contributed by atoms with van der Waals surface area (Å²) >= 11 is 0. The summed E-state index contributed by atoms with van der Waals surface area (Å²) in [6.45, 7) is 0.794. The summed E-state index contributed by atoms with van der Waals surface area (Å²) < 4.78 is 0. The van der Waals surface area contributed by atoms with Gasteiger partial charge in [-0.2, -0.15) is 0 Å². The number of aliphatic imine (C=N–C) groups is 1. The maximum absolute atomic E-state index is 13.2. The van der Waals surface area contributed by atoms with Crippen molar-refractivity contribution in [1.29, 1.82) is 0 Å². The van der Waals surface area contributed by atoms with Crippen LogP contribution in [0.1, 0.15) is 24.0 Å². The van der Waals surface area contributed by atoms with Crippen LogP contribution in [0.15, 0.2) is 59.6 Å². The van der Waals surface area contributed by atoms with E-state index in [0.29, 0.717) is 30.8 Å². The number of carbonyl (C=O) groups excluding carboxylic acids is 1. The SMILES string of the molecule is O=C(O)N1CCCC(=O)C1(C1=Nc2ccccc2CN1)c1ccccc1. The number of nitrogens with zero attached hydrogens (tertiary/aromatic N) is 2. The fourth-order valence-electron chi connectivity index (χ4n) is 3.85. The van der Waals surface area contributed by atoms with Crippen molar-refractivity contribution >= 4 is 23.4 Å². The van der Waals surface area contributed by atoms with Gasteiger partial charge in [0.15, 0.2) is 11.3 Å². The van der Waals surface area contributed by atoms with Crippen LogP contribution in [0.4, 0.5) is 10.5 Å². The van der Waals surface area contributed by atoms with E-state index in [4.69, 9.17) is 0 Å². The lowest BCUT2D eigenvalue weighted by atomic mass is 9.77. The van der Waals surface area contributed by atoms with Crippen molar-refractivity contribution in [2.45, 2.75) is 24.9 Å². The van der Waals surface area contributed by atoms with Gasteiger partial charge in [0, 0.05) is 19.5 Å². The molecule has 0 saturated carbocycles. The van der Waals surface area contributed by atoms with Crippen molar-refractivity contribution in [3.63, 3.8) is 0 Å². The zero-order valence-electron chi connectivity index (χ0n) is 14.2. The lowest BCUT2D eigenvalue weighted by Gasteiger charge is -2.45. The Kier molecular flexibility index (Phi) is 3.95. The molecule has 0 bridgehead atoms. The largest absolute Gasteiger partial charge is 0.465 e. The molecule has 132 valence electrons. The van der Waals surface area contributed by atoms with Crippen LogP contribution in [0, 0.1) is 0 Å². The van der Waals surface area contributed by atoms with Gasteiger partial charge in [0.1, 0.15) is 5.84 Å². The molecule has 1 fully saturated rings.